The second-order valence-corrected chi connectivity index (χ2v) is 6.60. The van der Waals surface area contributed by atoms with Crippen LogP contribution in [0.25, 0.3) is 0 Å². The zero-order chi connectivity index (χ0) is 14.0. The quantitative estimate of drug-likeness (QED) is 0.795. The molecule has 2 rings (SSSR count). The van der Waals surface area contributed by atoms with Gasteiger partial charge in [-0.15, -0.1) is 0 Å². The molecule has 5 heteroatoms. The van der Waals surface area contributed by atoms with Gasteiger partial charge in [0.15, 0.2) is 0 Å². The van der Waals surface area contributed by atoms with E-state index in [9.17, 15) is 4.79 Å². The standard InChI is InChI=1S/C14H25N3OS/c1-16(2)11-6-5-9-17(10-11)13(18)14(12(15)19)7-3-4-8-14/h11H,3-10H2,1-2H3,(H2,15,19). The molecule has 0 bridgehead atoms. The first-order chi connectivity index (χ1) is 8.97. The summed E-state index contributed by atoms with van der Waals surface area (Å²) in [5.41, 5.74) is 5.37. The van der Waals surface area contributed by atoms with E-state index < -0.39 is 5.41 Å². The Morgan fingerprint density at radius 2 is 1.95 bits per heavy atom. The van der Waals surface area contributed by atoms with Crippen LogP contribution in [0.2, 0.25) is 0 Å². The lowest BCUT2D eigenvalue weighted by Gasteiger charge is -2.40. The maximum Gasteiger partial charge on any atom is 0.235 e. The maximum absolute atomic E-state index is 12.9. The van der Waals surface area contributed by atoms with Gasteiger partial charge in [0.05, 0.1) is 10.4 Å². The van der Waals surface area contributed by atoms with Crippen molar-refractivity contribution >= 4 is 23.1 Å². The van der Waals surface area contributed by atoms with Gasteiger partial charge in [-0.05, 0) is 39.8 Å². The van der Waals surface area contributed by atoms with Gasteiger partial charge >= 0.3 is 0 Å². The maximum atomic E-state index is 12.9. The molecule has 2 N–H and O–H groups in total. The molecule has 1 saturated carbocycles. The molecule has 2 aliphatic rings. The zero-order valence-corrected chi connectivity index (χ0v) is 12.8. The van der Waals surface area contributed by atoms with E-state index in [1.807, 2.05) is 4.90 Å². The van der Waals surface area contributed by atoms with Crippen molar-refractivity contribution in [1.29, 1.82) is 0 Å². The molecule has 1 aliphatic heterocycles. The number of hydrogen-bond donors (Lipinski definition) is 1. The average molecular weight is 283 g/mol. The molecule has 0 aromatic carbocycles. The van der Waals surface area contributed by atoms with E-state index in [4.69, 9.17) is 18.0 Å². The molecule has 2 fully saturated rings. The lowest BCUT2D eigenvalue weighted by atomic mass is 9.83. The SMILES string of the molecule is CN(C)C1CCCN(C(=O)C2(C(N)=S)CCCC2)C1. The van der Waals surface area contributed by atoms with Crippen LogP contribution < -0.4 is 5.73 Å². The molecule has 1 atom stereocenters. The number of amides is 1. The minimum atomic E-state index is -0.538. The van der Waals surface area contributed by atoms with Crippen LogP contribution >= 0.6 is 12.2 Å². The topological polar surface area (TPSA) is 49.6 Å². The molecule has 1 aliphatic carbocycles. The highest BCUT2D eigenvalue weighted by Gasteiger charge is 2.46. The summed E-state index contributed by atoms with van der Waals surface area (Å²) >= 11 is 5.21. The summed E-state index contributed by atoms with van der Waals surface area (Å²) in [6, 6.07) is 0.461. The monoisotopic (exact) mass is 283 g/mol. The third kappa shape index (κ3) is 2.77. The number of piperidine rings is 1. The van der Waals surface area contributed by atoms with Gasteiger partial charge in [0.1, 0.15) is 0 Å². The molecular formula is C14H25N3OS. The lowest BCUT2D eigenvalue weighted by molar-refractivity contribution is -0.140. The van der Waals surface area contributed by atoms with Gasteiger partial charge in [0.2, 0.25) is 5.91 Å². The van der Waals surface area contributed by atoms with Crippen LogP contribution in [0.3, 0.4) is 0 Å². The second-order valence-electron chi connectivity index (χ2n) is 6.16. The second kappa shape index (κ2) is 5.75. The molecule has 0 aromatic rings. The van der Waals surface area contributed by atoms with Crippen molar-refractivity contribution in [3.8, 4) is 0 Å². The fourth-order valence-corrected chi connectivity index (χ4v) is 3.70. The van der Waals surface area contributed by atoms with Gasteiger partial charge in [-0.3, -0.25) is 4.79 Å². The molecule has 0 spiro atoms. The average Bonchev–Trinajstić information content (AvgIpc) is 2.88. The van der Waals surface area contributed by atoms with E-state index in [1.165, 1.54) is 0 Å². The van der Waals surface area contributed by atoms with Crippen LogP contribution in [0.5, 0.6) is 0 Å². The minimum Gasteiger partial charge on any atom is -0.392 e. The smallest absolute Gasteiger partial charge is 0.235 e. The van der Waals surface area contributed by atoms with Gasteiger partial charge in [-0.1, -0.05) is 25.1 Å². The number of hydrogen-bond acceptors (Lipinski definition) is 3. The highest BCUT2D eigenvalue weighted by Crippen LogP contribution is 2.40. The number of carbonyl (C=O) groups excluding carboxylic acids is 1. The normalized spacial score (nSPS) is 26.7. The van der Waals surface area contributed by atoms with Crippen molar-refractivity contribution in [2.45, 2.75) is 44.6 Å². The molecule has 1 saturated heterocycles. The summed E-state index contributed by atoms with van der Waals surface area (Å²) in [6.07, 6.45) is 6.04. The van der Waals surface area contributed by atoms with Crippen LogP contribution in [-0.2, 0) is 4.79 Å². The minimum absolute atomic E-state index is 0.184. The van der Waals surface area contributed by atoms with E-state index in [1.54, 1.807) is 0 Å². The molecule has 19 heavy (non-hydrogen) atoms. The number of nitrogens with two attached hydrogens (primary N) is 1. The van der Waals surface area contributed by atoms with Crippen LogP contribution in [-0.4, -0.2) is 53.9 Å². The van der Waals surface area contributed by atoms with E-state index in [2.05, 4.69) is 19.0 Å². The molecule has 4 nitrogen and oxygen atoms in total. The third-order valence-corrected chi connectivity index (χ3v) is 5.14. The van der Waals surface area contributed by atoms with Crippen LogP contribution in [0.1, 0.15) is 38.5 Å². The summed E-state index contributed by atoms with van der Waals surface area (Å²) in [5.74, 6) is 0.184. The Morgan fingerprint density at radius 1 is 1.32 bits per heavy atom. The van der Waals surface area contributed by atoms with Crippen molar-refractivity contribution in [2.24, 2.45) is 11.1 Å². The van der Waals surface area contributed by atoms with Gasteiger partial charge < -0.3 is 15.5 Å². The molecular weight excluding hydrogens is 258 g/mol. The van der Waals surface area contributed by atoms with Crippen LogP contribution in [0.4, 0.5) is 0 Å². The van der Waals surface area contributed by atoms with Gasteiger partial charge in [0.25, 0.3) is 0 Å². The number of likely N-dealkylation sites (N-methyl/N-ethyl adjacent to an activating group) is 1. The predicted molar refractivity (Wildman–Crippen MR) is 81.0 cm³/mol. The van der Waals surface area contributed by atoms with Crippen molar-refractivity contribution in [2.75, 3.05) is 27.2 Å². The van der Waals surface area contributed by atoms with Gasteiger partial charge in [0, 0.05) is 19.1 Å². The van der Waals surface area contributed by atoms with Crippen molar-refractivity contribution in [1.82, 2.24) is 9.80 Å². The third-order valence-electron chi connectivity index (χ3n) is 4.75. The Labute approximate surface area is 121 Å². The van der Waals surface area contributed by atoms with E-state index in [0.29, 0.717) is 11.0 Å². The highest BCUT2D eigenvalue weighted by atomic mass is 32.1. The Morgan fingerprint density at radius 3 is 2.47 bits per heavy atom. The number of nitrogens with zero attached hydrogens (tertiary/aromatic N) is 2. The van der Waals surface area contributed by atoms with Crippen LogP contribution in [0, 0.1) is 5.41 Å². The van der Waals surface area contributed by atoms with E-state index in [-0.39, 0.29) is 5.91 Å². The summed E-state index contributed by atoms with van der Waals surface area (Å²) in [7, 11) is 4.16. The molecule has 108 valence electrons. The Bertz CT molecular complexity index is 364. The van der Waals surface area contributed by atoms with Gasteiger partial charge in [-0.25, -0.2) is 0 Å². The number of likely N-dealkylation sites (tertiary alicyclic amines) is 1. The summed E-state index contributed by atoms with van der Waals surface area (Å²) in [6.45, 7) is 1.67. The molecule has 0 aromatic heterocycles. The molecule has 0 radical (unpaired) electrons. The number of carbonyl (C=O) groups is 1. The Hall–Kier alpha value is -0.680. The molecule has 1 amide bonds. The van der Waals surface area contributed by atoms with E-state index in [0.717, 1.165) is 51.6 Å². The first-order valence-electron chi connectivity index (χ1n) is 7.23. The summed E-state index contributed by atoms with van der Waals surface area (Å²) < 4.78 is 0. The van der Waals surface area contributed by atoms with Crippen molar-refractivity contribution < 1.29 is 4.79 Å². The predicted octanol–water partition coefficient (Wildman–Crippen LogP) is 1.39. The molecule has 1 heterocycles. The van der Waals surface area contributed by atoms with Crippen molar-refractivity contribution in [3.05, 3.63) is 0 Å². The summed E-state index contributed by atoms with van der Waals surface area (Å²) in [5, 5.41) is 0. The number of rotatable bonds is 3. The number of thiocarbonyl (C=S) groups is 1. The summed E-state index contributed by atoms with van der Waals surface area (Å²) in [4.78, 5) is 17.5. The fraction of sp³-hybridized carbons (Fsp3) is 0.857. The van der Waals surface area contributed by atoms with Crippen LogP contribution in [0.15, 0.2) is 0 Å². The van der Waals surface area contributed by atoms with E-state index >= 15 is 0 Å². The fourth-order valence-electron chi connectivity index (χ4n) is 3.41. The highest BCUT2D eigenvalue weighted by molar-refractivity contribution is 7.80. The Balaban J connectivity index is 2.12. The first kappa shape index (κ1) is 14.7. The zero-order valence-electron chi connectivity index (χ0n) is 12.0. The molecule has 1 unspecified atom stereocenters. The first-order valence-corrected chi connectivity index (χ1v) is 7.64. The van der Waals surface area contributed by atoms with Gasteiger partial charge in [-0.2, -0.15) is 0 Å². The lowest BCUT2D eigenvalue weighted by Crippen LogP contribution is -2.54. The van der Waals surface area contributed by atoms with Crippen molar-refractivity contribution in [3.63, 3.8) is 0 Å². The Kier molecular flexibility index (Phi) is 4.46. The largest absolute Gasteiger partial charge is 0.392 e.